The highest BCUT2D eigenvalue weighted by molar-refractivity contribution is 9.10. The number of halogens is 1. The molecule has 0 spiro atoms. The van der Waals surface area contributed by atoms with Crippen LogP contribution in [0, 0.1) is 0 Å². The smallest absolute Gasteiger partial charge is 0.188 e. The van der Waals surface area contributed by atoms with E-state index >= 15 is 0 Å². The molecule has 2 aromatic rings. The summed E-state index contributed by atoms with van der Waals surface area (Å²) in [6.45, 7) is 0.340. The SMILES string of the molecule is NC(=NO)c1cc(COc2cncc(Br)c2)ccn1. The first-order valence-corrected chi connectivity index (χ1v) is 6.14. The van der Waals surface area contributed by atoms with Crippen molar-refractivity contribution in [2.24, 2.45) is 10.9 Å². The van der Waals surface area contributed by atoms with Gasteiger partial charge in [-0.1, -0.05) is 5.16 Å². The van der Waals surface area contributed by atoms with Gasteiger partial charge in [-0.2, -0.15) is 0 Å². The van der Waals surface area contributed by atoms with Crippen LogP contribution in [0.1, 0.15) is 11.3 Å². The number of hydrogen-bond donors (Lipinski definition) is 2. The van der Waals surface area contributed by atoms with Crippen LogP contribution >= 0.6 is 15.9 Å². The molecule has 0 aliphatic carbocycles. The molecule has 0 bridgehead atoms. The summed E-state index contributed by atoms with van der Waals surface area (Å²) in [6.07, 6.45) is 4.87. The third-order valence-electron chi connectivity index (χ3n) is 2.28. The molecule has 2 heterocycles. The van der Waals surface area contributed by atoms with Crippen LogP contribution in [0.25, 0.3) is 0 Å². The Morgan fingerprint density at radius 2 is 2.26 bits per heavy atom. The third kappa shape index (κ3) is 3.65. The summed E-state index contributed by atoms with van der Waals surface area (Å²) in [5.41, 5.74) is 6.73. The molecule has 0 radical (unpaired) electrons. The predicted molar refractivity (Wildman–Crippen MR) is 73.0 cm³/mol. The van der Waals surface area contributed by atoms with Crippen molar-refractivity contribution in [2.75, 3.05) is 0 Å². The Kier molecular flexibility index (Phi) is 4.30. The molecule has 0 aliphatic rings. The molecule has 98 valence electrons. The summed E-state index contributed by atoms with van der Waals surface area (Å²) >= 11 is 3.32. The van der Waals surface area contributed by atoms with Crippen LogP contribution in [-0.4, -0.2) is 21.0 Å². The largest absolute Gasteiger partial charge is 0.487 e. The summed E-state index contributed by atoms with van der Waals surface area (Å²) in [7, 11) is 0. The van der Waals surface area contributed by atoms with Crippen molar-refractivity contribution >= 4 is 21.8 Å². The lowest BCUT2D eigenvalue weighted by atomic mass is 10.2. The number of nitrogens with zero attached hydrogens (tertiary/aromatic N) is 3. The summed E-state index contributed by atoms with van der Waals surface area (Å²) < 4.78 is 6.42. The molecule has 0 saturated heterocycles. The van der Waals surface area contributed by atoms with Crippen LogP contribution in [0.3, 0.4) is 0 Å². The highest BCUT2D eigenvalue weighted by Gasteiger charge is 2.03. The van der Waals surface area contributed by atoms with Crippen LogP contribution in [0.4, 0.5) is 0 Å². The van der Waals surface area contributed by atoms with Gasteiger partial charge in [-0.15, -0.1) is 0 Å². The molecule has 2 rings (SSSR count). The lowest BCUT2D eigenvalue weighted by Gasteiger charge is -2.07. The molecular formula is C12H11BrN4O2. The molecule has 2 aromatic heterocycles. The number of aromatic nitrogens is 2. The van der Waals surface area contributed by atoms with E-state index in [0.29, 0.717) is 18.1 Å². The minimum atomic E-state index is -0.0361. The minimum absolute atomic E-state index is 0.0361. The van der Waals surface area contributed by atoms with Gasteiger partial charge < -0.3 is 15.7 Å². The van der Waals surface area contributed by atoms with Crippen molar-refractivity contribution < 1.29 is 9.94 Å². The van der Waals surface area contributed by atoms with E-state index in [0.717, 1.165) is 10.0 Å². The zero-order valence-corrected chi connectivity index (χ0v) is 11.4. The number of rotatable bonds is 4. The molecule has 19 heavy (non-hydrogen) atoms. The highest BCUT2D eigenvalue weighted by atomic mass is 79.9. The summed E-state index contributed by atoms with van der Waals surface area (Å²) in [4.78, 5) is 7.99. The third-order valence-corrected chi connectivity index (χ3v) is 2.71. The summed E-state index contributed by atoms with van der Waals surface area (Å²) in [5.74, 6) is 0.613. The number of pyridine rings is 2. The standard InChI is InChI=1S/C12H11BrN4O2/c13-9-4-10(6-15-5-9)19-7-8-1-2-16-11(3-8)12(14)17-18/h1-6,18H,7H2,(H2,14,17). The van der Waals surface area contributed by atoms with Crippen LogP contribution in [0.15, 0.2) is 46.4 Å². The van der Waals surface area contributed by atoms with Crippen LogP contribution in [-0.2, 0) is 6.61 Å². The fourth-order valence-corrected chi connectivity index (χ4v) is 1.74. The van der Waals surface area contributed by atoms with Crippen LogP contribution in [0.5, 0.6) is 5.75 Å². The Balaban J connectivity index is 2.08. The van der Waals surface area contributed by atoms with Gasteiger partial charge >= 0.3 is 0 Å². The molecular weight excluding hydrogens is 312 g/mol. The first kappa shape index (κ1) is 13.3. The van der Waals surface area contributed by atoms with Crippen LogP contribution in [0.2, 0.25) is 0 Å². The Labute approximate surface area is 118 Å². The average molecular weight is 323 g/mol. The molecule has 0 saturated carbocycles. The molecule has 0 atom stereocenters. The first-order valence-electron chi connectivity index (χ1n) is 5.35. The topological polar surface area (TPSA) is 93.6 Å². The highest BCUT2D eigenvalue weighted by Crippen LogP contribution is 2.17. The number of amidine groups is 1. The molecule has 6 nitrogen and oxygen atoms in total. The van der Waals surface area contributed by atoms with Crippen molar-refractivity contribution in [3.63, 3.8) is 0 Å². The van der Waals surface area contributed by atoms with Gasteiger partial charge in [-0.3, -0.25) is 9.97 Å². The van der Waals surface area contributed by atoms with Gasteiger partial charge in [0.25, 0.3) is 0 Å². The van der Waals surface area contributed by atoms with E-state index in [4.69, 9.17) is 15.7 Å². The second-order valence-electron chi connectivity index (χ2n) is 3.66. The van der Waals surface area contributed by atoms with Crippen molar-refractivity contribution in [1.29, 1.82) is 0 Å². The quantitative estimate of drug-likeness (QED) is 0.388. The fraction of sp³-hybridized carbons (Fsp3) is 0.0833. The Morgan fingerprint density at radius 3 is 3.00 bits per heavy atom. The van der Waals surface area contributed by atoms with Gasteiger partial charge in [-0.05, 0) is 39.7 Å². The van der Waals surface area contributed by atoms with E-state index in [1.54, 1.807) is 30.7 Å². The minimum Gasteiger partial charge on any atom is -0.487 e. The summed E-state index contributed by atoms with van der Waals surface area (Å²) in [6, 6.07) is 5.30. The van der Waals surface area contributed by atoms with E-state index in [1.165, 1.54) is 0 Å². The summed E-state index contributed by atoms with van der Waals surface area (Å²) in [5, 5.41) is 11.5. The molecule has 3 N–H and O–H groups in total. The van der Waals surface area contributed by atoms with Crippen LogP contribution < -0.4 is 10.5 Å². The van der Waals surface area contributed by atoms with Crippen molar-refractivity contribution in [1.82, 2.24) is 9.97 Å². The fourth-order valence-electron chi connectivity index (χ4n) is 1.39. The molecule has 0 fully saturated rings. The average Bonchev–Trinajstić information content (AvgIpc) is 2.45. The molecule has 0 aromatic carbocycles. The van der Waals surface area contributed by atoms with Gasteiger partial charge in [-0.25, -0.2) is 0 Å². The van der Waals surface area contributed by atoms with Crippen molar-refractivity contribution in [3.05, 3.63) is 52.5 Å². The van der Waals surface area contributed by atoms with Crippen molar-refractivity contribution in [3.8, 4) is 5.75 Å². The lowest BCUT2D eigenvalue weighted by molar-refractivity contribution is 0.304. The van der Waals surface area contributed by atoms with E-state index in [9.17, 15) is 0 Å². The van der Waals surface area contributed by atoms with Gasteiger partial charge in [0.1, 0.15) is 18.1 Å². The van der Waals surface area contributed by atoms with E-state index in [2.05, 4.69) is 31.1 Å². The first-order chi connectivity index (χ1) is 9.19. The number of nitrogens with two attached hydrogens (primary N) is 1. The maximum absolute atomic E-state index is 8.60. The number of ether oxygens (including phenoxy) is 1. The predicted octanol–water partition coefficient (Wildman–Crippen LogP) is 1.91. The second-order valence-corrected chi connectivity index (χ2v) is 4.58. The van der Waals surface area contributed by atoms with Gasteiger partial charge in [0.2, 0.25) is 0 Å². The Hall–Kier alpha value is -2.15. The normalized spacial score (nSPS) is 11.3. The Morgan fingerprint density at radius 1 is 1.42 bits per heavy atom. The monoisotopic (exact) mass is 322 g/mol. The van der Waals surface area contributed by atoms with Gasteiger partial charge in [0, 0.05) is 16.9 Å². The zero-order chi connectivity index (χ0) is 13.7. The Bertz CT molecular complexity index is 604. The maximum atomic E-state index is 8.60. The molecule has 7 heteroatoms. The molecule has 0 amide bonds. The number of hydrogen-bond acceptors (Lipinski definition) is 5. The van der Waals surface area contributed by atoms with E-state index in [1.807, 2.05) is 6.07 Å². The maximum Gasteiger partial charge on any atom is 0.188 e. The van der Waals surface area contributed by atoms with Gasteiger partial charge in [0.15, 0.2) is 5.84 Å². The van der Waals surface area contributed by atoms with E-state index < -0.39 is 0 Å². The van der Waals surface area contributed by atoms with Gasteiger partial charge in [0.05, 0.1) is 6.20 Å². The second kappa shape index (κ2) is 6.14. The lowest BCUT2D eigenvalue weighted by Crippen LogP contribution is -2.15. The zero-order valence-electron chi connectivity index (χ0n) is 9.82. The molecule has 0 unspecified atom stereocenters. The number of oxime groups is 1. The molecule has 0 aliphatic heterocycles. The van der Waals surface area contributed by atoms with Crippen molar-refractivity contribution in [2.45, 2.75) is 6.61 Å². The van der Waals surface area contributed by atoms with E-state index in [-0.39, 0.29) is 5.84 Å².